The van der Waals surface area contributed by atoms with Gasteiger partial charge in [0, 0.05) is 34.8 Å². The van der Waals surface area contributed by atoms with Crippen molar-refractivity contribution in [1.82, 2.24) is 9.13 Å². The van der Waals surface area contributed by atoms with Crippen molar-refractivity contribution in [2.45, 2.75) is 39.3 Å². The Kier molecular flexibility index (Phi) is 8.31. The summed E-state index contributed by atoms with van der Waals surface area (Å²) in [5.74, 6) is -0.138. The third-order valence-corrected chi connectivity index (χ3v) is 9.58. The standard InChI is InChI=1S/C40H35N3O3S/c1-4-46-39(45)35-36(29-15-9-6-10-16-29)41-40-43(37(35)30-21-19-28(20-22-30)26(2)3)38(44)34(47-40)23-31-25-42(24-27-13-7-5-8-14-27)33-18-12-11-17-32(31)33/h5-23,25-26,37H,4,24H2,1-3H3/b34-23-/t37-/m1/s1. The number of hydrogen-bond acceptors (Lipinski definition) is 5. The zero-order valence-electron chi connectivity index (χ0n) is 26.6. The van der Waals surface area contributed by atoms with Gasteiger partial charge in [0.2, 0.25) is 0 Å². The van der Waals surface area contributed by atoms with Gasteiger partial charge in [-0.1, -0.05) is 128 Å². The molecule has 6 aromatic rings. The fourth-order valence-corrected chi connectivity index (χ4v) is 7.25. The van der Waals surface area contributed by atoms with Crippen LogP contribution in [-0.4, -0.2) is 21.7 Å². The maximum Gasteiger partial charge on any atom is 0.338 e. The summed E-state index contributed by atoms with van der Waals surface area (Å²) >= 11 is 1.34. The Labute approximate surface area is 277 Å². The summed E-state index contributed by atoms with van der Waals surface area (Å²) in [5.41, 5.74) is 6.72. The molecule has 0 aliphatic carbocycles. The molecule has 4 aromatic carbocycles. The number of para-hydroxylation sites is 1. The largest absolute Gasteiger partial charge is 0.463 e. The Balaban J connectivity index is 1.45. The third-order valence-electron chi connectivity index (χ3n) is 8.59. The Morgan fingerprint density at radius 3 is 2.30 bits per heavy atom. The zero-order chi connectivity index (χ0) is 32.5. The van der Waals surface area contributed by atoms with E-state index in [1.165, 1.54) is 22.5 Å². The van der Waals surface area contributed by atoms with Crippen molar-refractivity contribution < 1.29 is 9.53 Å². The van der Waals surface area contributed by atoms with Crippen LogP contribution in [0, 0.1) is 0 Å². The molecule has 3 heterocycles. The number of rotatable bonds is 8. The minimum Gasteiger partial charge on any atom is -0.463 e. The second-order valence-corrected chi connectivity index (χ2v) is 13.0. The first-order valence-electron chi connectivity index (χ1n) is 15.9. The molecule has 1 atom stereocenters. The molecule has 1 aliphatic heterocycles. The van der Waals surface area contributed by atoms with Gasteiger partial charge in [0.05, 0.1) is 28.5 Å². The van der Waals surface area contributed by atoms with Crippen LogP contribution in [0.25, 0.3) is 22.7 Å². The Hall–Kier alpha value is -5.27. The predicted molar refractivity (Wildman–Crippen MR) is 189 cm³/mol. The van der Waals surface area contributed by atoms with Gasteiger partial charge in [-0.15, -0.1) is 0 Å². The van der Waals surface area contributed by atoms with Gasteiger partial charge >= 0.3 is 5.97 Å². The highest BCUT2D eigenvalue weighted by molar-refractivity contribution is 7.07. The lowest BCUT2D eigenvalue weighted by Crippen LogP contribution is -2.40. The zero-order valence-corrected chi connectivity index (χ0v) is 27.4. The van der Waals surface area contributed by atoms with Crippen LogP contribution in [0.1, 0.15) is 60.5 Å². The SMILES string of the molecule is CCOC(=O)C1=C(c2ccccc2)N=c2s/c(=C\c3cn(Cc4ccccc4)c4ccccc34)c(=O)n2[C@@H]1c1ccc(C(C)C)cc1. The molecule has 6 nitrogen and oxygen atoms in total. The van der Waals surface area contributed by atoms with E-state index >= 15 is 0 Å². The second kappa shape index (κ2) is 12.9. The number of carbonyl (C=O) groups excluding carboxylic acids is 1. The van der Waals surface area contributed by atoms with Crippen molar-refractivity contribution >= 4 is 40.0 Å². The predicted octanol–water partition coefficient (Wildman–Crippen LogP) is 7.06. The number of hydrogen-bond donors (Lipinski definition) is 0. The molecule has 7 heteroatoms. The Morgan fingerprint density at radius 1 is 0.915 bits per heavy atom. The van der Waals surface area contributed by atoms with Crippen LogP contribution in [0.5, 0.6) is 0 Å². The number of benzene rings is 4. The van der Waals surface area contributed by atoms with Gasteiger partial charge < -0.3 is 9.30 Å². The van der Waals surface area contributed by atoms with Gasteiger partial charge in [-0.3, -0.25) is 9.36 Å². The third kappa shape index (κ3) is 5.79. The molecule has 0 spiro atoms. The summed E-state index contributed by atoms with van der Waals surface area (Å²) in [4.78, 5) is 33.8. The monoisotopic (exact) mass is 637 g/mol. The molecule has 0 radical (unpaired) electrons. The molecular formula is C40H35N3O3S. The van der Waals surface area contributed by atoms with Crippen LogP contribution in [-0.2, 0) is 16.1 Å². The average Bonchev–Trinajstić information content (AvgIpc) is 3.60. The van der Waals surface area contributed by atoms with E-state index in [2.05, 4.69) is 61.0 Å². The summed E-state index contributed by atoms with van der Waals surface area (Å²) in [7, 11) is 0. The first-order valence-corrected chi connectivity index (χ1v) is 16.7. The van der Waals surface area contributed by atoms with Crippen molar-refractivity contribution in [3.63, 3.8) is 0 Å². The molecule has 0 unspecified atom stereocenters. The molecule has 47 heavy (non-hydrogen) atoms. The van der Waals surface area contributed by atoms with Crippen molar-refractivity contribution in [1.29, 1.82) is 0 Å². The molecular weight excluding hydrogens is 603 g/mol. The van der Waals surface area contributed by atoms with E-state index in [0.29, 0.717) is 33.1 Å². The van der Waals surface area contributed by atoms with E-state index in [0.717, 1.165) is 27.6 Å². The smallest absolute Gasteiger partial charge is 0.338 e. The van der Waals surface area contributed by atoms with Crippen molar-refractivity contribution in [3.8, 4) is 0 Å². The highest BCUT2D eigenvalue weighted by Crippen LogP contribution is 2.35. The van der Waals surface area contributed by atoms with E-state index in [1.54, 1.807) is 11.5 Å². The van der Waals surface area contributed by atoms with E-state index in [1.807, 2.05) is 78.9 Å². The maximum absolute atomic E-state index is 14.5. The second-order valence-electron chi connectivity index (χ2n) is 12.0. The summed E-state index contributed by atoms with van der Waals surface area (Å²) in [6.45, 7) is 7.00. The van der Waals surface area contributed by atoms with Crippen molar-refractivity contribution in [2.24, 2.45) is 4.99 Å². The van der Waals surface area contributed by atoms with Gasteiger partial charge in [-0.05, 0) is 41.7 Å². The van der Waals surface area contributed by atoms with Crippen molar-refractivity contribution in [2.75, 3.05) is 6.61 Å². The number of aromatic nitrogens is 2. The molecule has 0 saturated heterocycles. The van der Waals surface area contributed by atoms with Crippen LogP contribution >= 0.6 is 11.3 Å². The van der Waals surface area contributed by atoms with E-state index in [4.69, 9.17) is 9.73 Å². The van der Waals surface area contributed by atoms with E-state index in [9.17, 15) is 9.59 Å². The van der Waals surface area contributed by atoms with Gasteiger partial charge in [-0.2, -0.15) is 0 Å². The summed E-state index contributed by atoms with van der Waals surface area (Å²) in [6, 6.07) is 35.7. The molecule has 7 rings (SSSR count). The van der Waals surface area contributed by atoms with Crippen LogP contribution in [0.15, 0.2) is 131 Å². The molecule has 0 N–H and O–H groups in total. The quantitative estimate of drug-likeness (QED) is 0.168. The number of fused-ring (bicyclic) bond motifs is 2. The van der Waals surface area contributed by atoms with Gasteiger partial charge in [0.25, 0.3) is 5.56 Å². The average molecular weight is 638 g/mol. The Morgan fingerprint density at radius 2 is 1.60 bits per heavy atom. The summed E-state index contributed by atoms with van der Waals surface area (Å²) in [6.07, 6.45) is 4.07. The lowest BCUT2D eigenvalue weighted by molar-refractivity contribution is -0.138. The summed E-state index contributed by atoms with van der Waals surface area (Å²) in [5, 5.41) is 1.06. The Bertz CT molecular complexity index is 2290. The lowest BCUT2D eigenvalue weighted by Gasteiger charge is -2.26. The number of esters is 1. The normalized spacial score (nSPS) is 14.8. The van der Waals surface area contributed by atoms with E-state index in [-0.39, 0.29) is 12.2 Å². The molecule has 0 bridgehead atoms. The molecule has 1 aliphatic rings. The first kappa shape index (κ1) is 30.4. The van der Waals surface area contributed by atoms with Crippen LogP contribution in [0.4, 0.5) is 0 Å². The fourth-order valence-electron chi connectivity index (χ4n) is 6.26. The molecule has 0 fully saturated rings. The topological polar surface area (TPSA) is 65.6 Å². The van der Waals surface area contributed by atoms with Crippen molar-refractivity contribution in [3.05, 3.63) is 168 Å². The van der Waals surface area contributed by atoms with Gasteiger partial charge in [-0.25, -0.2) is 9.79 Å². The van der Waals surface area contributed by atoms with E-state index < -0.39 is 12.0 Å². The lowest BCUT2D eigenvalue weighted by atomic mass is 9.91. The maximum atomic E-state index is 14.5. The molecule has 0 amide bonds. The molecule has 234 valence electrons. The van der Waals surface area contributed by atoms with Crippen LogP contribution in [0.3, 0.4) is 0 Å². The molecule has 0 saturated carbocycles. The highest BCUT2D eigenvalue weighted by Gasteiger charge is 2.35. The number of nitrogens with zero attached hydrogens (tertiary/aromatic N) is 3. The minimum absolute atomic E-state index is 0.194. The van der Waals surface area contributed by atoms with Crippen LogP contribution < -0.4 is 14.9 Å². The minimum atomic E-state index is -0.705. The van der Waals surface area contributed by atoms with Gasteiger partial charge in [0.15, 0.2) is 4.80 Å². The highest BCUT2D eigenvalue weighted by atomic mass is 32.1. The van der Waals surface area contributed by atoms with Gasteiger partial charge in [0.1, 0.15) is 0 Å². The fraction of sp³-hybridized carbons (Fsp3) is 0.175. The first-order chi connectivity index (χ1) is 22.9. The molecule has 2 aromatic heterocycles. The van der Waals surface area contributed by atoms with Crippen LogP contribution in [0.2, 0.25) is 0 Å². The number of ether oxygens (including phenoxy) is 1. The summed E-state index contributed by atoms with van der Waals surface area (Å²) < 4.78 is 10.1. The number of thiazole rings is 1. The number of carbonyl (C=O) groups is 1.